The summed E-state index contributed by atoms with van der Waals surface area (Å²) in [6, 6.07) is 0.261. The molecule has 6 heteroatoms. The quantitative estimate of drug-likeness (QED) is 0.741. The van der Waals surface area contributed by atoms with Crippen LogP contribution >= 0.6 is 0 Å². The van der Waals surface area contributed by atoms with E-state index in [1.165, 1.54) is 31.9 Å². The van der Waals surface area contributed by atoms with E-state index in [1.807, 2.05) is 0 Å². The van der Waals surface area contributed by atoms with Crippen LogP contribution in [-0.2, 0) is 11.2 Å². The van der Waals surface area contributed by atoms with Crippen molar-refractivity contribution in [2.75, 3.05) is 0 Å². The van der Waals surface area contributed by atoms with Gasteiger partial charge in [-0.1, -0.05) is 12.8 Å². The molecule has 3 rings (SSSR count). The Hall–Kier alpha value is -1.85. The maximum Gasteiger partial charge on any atom is 0.325 e. The lowest BCUT2D eigenvalue weighted by Gasteiger charge is -2.19. The fraction of sp³-hybridized carbons (Fsp3) is 0.643. The average Bonchev–Trinajstić information content (AvgIpc) is 2.98. The van der Waals surface area contributed by atoms with Crippen LogP contribution in [0, 0.1) is 11.8 Å². The topological polar surface area (TPSA) is 94.8 Å². The van der Waals surface area contributed by atoms with Crippen LogP contribution in [0.5, 0.6) is 0 Å². The maximum absolute atomic E-state index is 12.0. The third-order valence-electron chi connectivity index (χ3n) is 4.68. The van der Waals surface area contributed by atoms with Crippen LogP contribution in [0.25, 0.3) is 0 Å². The van der Waals surface area contributed by atoms with Crippen molar-refractivity contribution in [2.24, 2.45) is 11.8 Å². The number of amides is 1. The van der Waals surface area contributed by atoms with Gasteiger partial charge in [0.15, 0.2) is 0 Å². The molecule has 20 heavy (non-hydrogen) atoms. The van der Waals surface area contributed by atoms with Crippen molar-refractivity contribution in [3.8, 4) is 0 Å². The number of fused-ring (bicyclic) bond motifs is 1. The van der Waals surface area contributed by atoms with E-state index >= 15 is 0 Å². The van der Waals surface area contributed by atoms with E-state index in [0.717, 1.165) is 12.3 Å². The van der Waals surface area contributed by atoms with Crippen LogP contribution < -0.4 is 16.6 Å². The van der Waals surface area contributed by atoms with E-state index in [0.29, 0.717) is 11.5 Å². The fourth-order valence-electron chi connectivity index (χ4n) is 3.74. The second kappa shape index (κ2) is 5.26. The molecule has 1 amide bonds. The van der Waals surface area contributed by atoms with Crippen LogP contribution in [0.4, 0.5) is 0 Å². The zero-order valence-electron chi connectivity index (χ0n) is 11.3. The summed E-state index contributed by atoms with van der Waals surface area (Å²) in [6.07, 6.45) is 7.33. The first-order valence-corrected chi connectivity index (χ1v) is 7.24. The predicted octanol–water partition coefficient (Wildman–Crippen LogP) is 0.301. The van der Waals surface area contributed by atoms with Gasteiger partial charge in [-0.25, -0.2) is 4.79 Å². The molecule has 1 aromatic rings. The lowest BCUT2D eigenvalue weighted by atomic mass is 9.97. The number of aromatic amines is 2. The van der Waals surface area contributed by atoms with E-state index < -0.39 is 11.2 Å². The molecule has 2 fully saturated rings. The summed E-state index contributed by atoms with van der Waals surface area (Å²) < 4.78 is 0. The number of carbonyl (C=O) groups is 1. The third kappa shape index (κ3) is 2.55. The molecule has 6 nitrogen and oxygen atoms in total. The second-order valence-electron chi connectivity index (χ2n) is 5.88. The lowest BCUT2D eigenvalue weighted by Crippen LogP contribution is -2.39. The fourth-order valence-corrected chi connectivity index (χ4v) is 3.74. The highest BCUT2D eigenvalue weighted by Crippen LogP contribution is 2.43. The molecule has 1 aromatic heterocycles. The van der Waals surface area contributed by atoms with Crippen molar-refractivity contribution in [2.45, 2.75) is 44.6 Å². The first kappa shape index (κ1) is 13.1. The summed E-state index contributed by atoms with van der Waals surface area (Å²) >= 11 is 0. The second-order valence-corrected chi connectivity index (χ2v) is 5.88. The highest BCUT2D eigenvalue weighted by Gasteiger charge is 2.39. The number of nitrogens with one attached hydrogen (secondary N) is 3. The van der Waals surface area contributed by atoms with E-state index in [-0.39, 0.29) is 18.4 Å². The maximum atomic E-state index is 12.0. The number of hydrogen-bond donors (Lipinski definition) is 3. The molecule has 2 aliphatic rings. The molecule has 2 aliphatic carbocycles. The molecular weight excluding hydrogens is 258 g/mol. The highest BCUT2D eigenvalue weighted by molar-refractivity contribution is 5.78. The summed E-state index contributed by atoms with van der Waals surface area (Å²) in [5.41, 5.74) is -0.749. The van der Waals surface area contributed by atoms with E-state index in [1.54, 1.807) is 0 Å². The minimum Gasteiger partial charge on any atom is -0.353 e. The number of rotatable bonds is 3. The van der Waals surface area contributed by atoms with Gasteiger partial charge in [0.2, 0.25) is 5.91 Å². The van der Waals surface area contributed by atoms with Crippen molar-refractivity contribution < 1.29 is 4.79 Å². The van der Waals surface area contributed by atoms with Gasteiger partial charge in [0, 0.05) is 17.8 Å². The van der Waals surface area contributed by atoms with Crippen LogP contribution in [0.1, 0.15) is 37.7 Å². The Balaban J connectivity index is 1.62. The molecule has 1 heterocycles. The summed E-state index contributed by atoms with van der Waals surface area (Å²) in [6.45, 7) is 0. The van der Waals surface area contributed by atoms with Gasteiger partial charge in [-0.15, -0.1) is 0 Å². The highest BCUT2D eigenvalue weighted by atomic mass is 16.2. The molecule has 0 aliphatic heterocycles. The summed E-state index contributed by atoms with van der Waals surface area (Å²) in [5.74, 6) is 1.25. The largest absolute Gasteiger partial charge is 0.353 e. The predicted molar refractivity (Wildman–Crippen MR) is 73.4 cm³/mol. The zero-order valence-corrected chi connectivity index (χ0v) is 11.3. The number of H-pyrrole nitrogens is 2. The number of carbonyl (C=O) groups excluding carboxylic acids is 1. The molecular formula is C14H19N3O3. The van der Waals surface area contributed by atoms with Crippen LogP contribution in [0.2, 0.25) is 0 Å². The Labute approximate surface area is 116 Å². The number of hydrogen-bond acceptors (Lipinski definition) is 3. The summed E-state index contributed by atoms with van der Waals surface area (Å²) in [4.78, 5) is 39.0. The SMILES string of the molecule is O=C(Cc1c[nH]c(=O)[nH]c1=O)N[C@@H]1CC[C@H]2CCC[C@H]21. The monoisotopic (exact) mass is 277 g/mol. The van der Waals surface area contributed by atoms with Gasteiger partial charge < -0.3 is 10.3 Å². The molecule has 0 aromatic carbocycles. The molecule has 2 saturated carbocycles. The Morgan fingerprint density at radius 1 is 1.25 bits per heavy atom. The van der Waals surface area contributed by atoms with E-state index in [2.05, 4.69) is 15.3 Å². The third-order valence-corrected chi connectivity index (χ3v) is 4.68. The summed E-state index contributed by atoms with van der Waals surface area (Å²) in [7, 11) is 0. The Morgan fingerprint density at radius 3 is 2.90 bits per heavy atom. The van der Waals surface area contributed by atoms with E-state index in [9.17, 15) is 14.4 Å². The van der Waals surface area contributed by atoms with Crippen LogP contribution in [0.3, 0.4) is 0 Å². The van der Waals surface area contributed by atoms with Crippen LogP contribution in [0.15, 0.2) is 15.8 Å². The standard InChI is InChI=1S/C14H19N3O3/c18-12(6-9-7-15-14(20)17-13(9)19)16-11-5-4-8-2-1-3-10(8)11/h7-8,10-11H,1-6H2,(H,16,18)(H2,15,17,19,20)/t8-,10-,11-/m1/s1. The van der Waals surface area contributed by atoms with Crippen LogP contribution in [-0.4, -0.2) is 21.9 Å². The van der Waals surface area contributed by atoms with E-state index in [4.69, 9.17) is 0 Å². The van der Waals surface area contributed by atoms with Gasteiger partial charge in [0.1, 0.15) is 0 Å². The van der Waals surface area contributed by atoms with Crippen molar-refractivity contribution in [3.05, 3.63) is 32.6 Å². The van der Waals surface area contributed by atoms with Gasteiger partial charge in [-0.2, -0.15) is 0 Å². The first-order chi connectivity index (χ1) is 9.63. The molecule has 3 atom stereocenters. The minimum absolute atomic E-state index is 0.0139. The minimum atomic E-state index is -0.552. The van der Waals surface area contributed by atoms with Gasteiger partial charge in [-0.05, 0) is 31.1 Å². The Kier molecular flexibility index (Phi) is 3.46. The van der Waals surface area contributed by atoms with Crippen molar-refractivity contribution in [1.29, 1.82) is 0 Å². The lowest BCUT2D eigenvalue weighted by molar-refractivity contribution is -0.121. The molecule has 0 radical (unpaired) electrons. The van der Waals surface area contributed by atoms with Gasteiger partial charge >= 0.3 is 5.69 Å². The molecule has 0 spiro atoms. The normalized spacial score (nSPS) is 28.3. The molecule has 0 unspecified atom stereocenters. The number of aromatic nitrogens is 2. The summed E-state index contributed by atoms with van der Waals surface area (Å²) in [5, 5.41) is 3.06. The Morgan fingerprint density at radius 2 is 2.10 bits per heavy atom. The molecule has 0 bridgehead atoms. The van der Waals surface area contributed by atoms with Crippen molar-refractivity contribution in [3.63, 3.8) is 0 Å². The van der Waals surface area contributed by atoms with Gasteiger partial charge in [-0.3, -0.25) is 14.6 Å². The Bertz CT molecular complexity index is 619. The first-order valence-electron chi connectivity index (χ1n) is 7.24. The smallest absolute Gasteiger partial charge is 0.325 e. The molecule has 108 valence electrons. The average molecular weight is 277 g/mol. The van der Waals surface area contributed by atoms with Gasteiger partial charge in [0.05, 0.1) is 6.42 Å². The van der Waals surface area contributed by atoms with Crippen molar-refractivity contribution in [1.82, 2.24) is 15.3 Å². The van der Waals surface area contributed by atoms with Crippen molar-refractivity contribution >= 4 is 5.91 Å². The zero-order chi connectivity index (χ0) is 14.1. The van der Waals surface area contributed by atoms with Gasteiger partial charge in [0.25, 0.3) is 5.56 Å². The molecule has 0 saturated heterocycles. The molecule has 3 N–H and O–H groups in total.